The van der Waals surface area contributed by atoms with E-state index in [9.17, 15) is 9.90 Å². The second kappa shape index (κ2) is 11.1. The number of nitrogens with zero attached hydrogens (tertiary/aromatic N) is 1. The molecule has 0 aromatic carbocycles. The van der Waals surface area contributed by atoms with Crippen molar-refractivity contribution in [3.05, 3.63) is 0 Å². The molecule has 2 unspecified atom stereocenters. The quantitative estimate of drug-likeness (QED) is 0.645. The van der Waals surface area contributed by atoms with Gasteiger partial charge >= 0.3 is 0 Å². The number of amides is 1. The number of hydrogen-bond donors (Lipinski definition) is 1. The number of rotatable bonds is 9. The number of unbranched alkanes of at least 4 members (excludes halogenated alkanes) is 5. The SMILES string of the molecule is CCCCCCCCC(=O)N1CCCCCC1CC(C)O. The molecule has 0 aliphatic carbocycles. The zero-order valence-corrected chi connectivity index (χ0v) is 14.1. The fourth-order valence-corrected chi connectivity index (χ4v) is 3.34. The zero-order valence-electron chi connectivity index (χ0n) is 14.1. The smallest absolute Gasteiger partial charge is 0.222 e. The van der Waals surface area contributed by atoms with E-state index in [4.69, 9.17) is 0 Å². The highest BCUT2D eigenvalue weighted by Gasteiger charge is 2.25. The Bertz CT molecular complexity index is 278. The first-order valence-electron chi connectivity index (χ1n) is 9.12. The Hall–Kier alpha value is -0.570. The number of aliphatic hydroxyl groups excluding tert-OH is 1. The first-order valence-corrected chi connectivity index (χ1v) is 9.12. The van der Waals surface area contributed by atoms with E-state index in [1.54, 1.807) is 0 Å². The Morgan fingerprint density at radius 2 is 1.86 bits per heavy atom. The Balaban J connectivity index is 2.33. The average Bonchev–Trinajstić information content (AvgIpc) is 2.67. The molecule has 1 heterocycles. The highest BCUT2D eigenvalue weighted by atomic mass is 16.3. The van der Waals surface area contributed by atoms with Gasteiger partial charge in [-0.3, -0.25) is 4.79 Å². The molecule has 0 bridgehead atoms. The molecule has 1 amide bonds. The minimum Gasteiger partial charge on any atom is -0.393 e. The first kappa shape index (κ1) is 18.5. The average molecular weight is 297 g/mol. The van der Waals surface area contributed by atoms with E-state index in [1.807, 2.05) is 6.92 Å². The van der Waals surface area contributed by atoms with Crippen LogP contribution in [0.3, 0.4) is 0 Å². The van der Waals surface area contributed by atoms with Gasteiger partial charge in [-0.2, -0.15) is 0 Å². The van der Waals surface area contributed by atoms with Crippen molar-refractivity contribution in [2.45, 2.75) is 103 Å². The van der Waals surface area contributed by atoms with Crippen LogP contribution in [0.4, 0.5) is 0 Å². The van der Waals surface area contributed by atoms with Gasteiger partial charge in [-0.25, -0.2) is 0 Å². The van der Waals surface area contributed by atoms with Crippen molar-refractivity contribution >= 4 is 5.91 Å². The lowest BCUT2D eigenvalue weighted by Crippen LogP contribution is -2.41. The Labute approximate surface area is 131 Å². The lowest BCUT2D eigenvalue weighted by Gasteiger charge is -2.31. The maximum atomic E-state index is 12.5. The van der Waals surface area contributed by atoms with Crippen LogP contribution in [-0.2, 0) is 4.79 Å². The maximum Gasteiger partial charge on any atom is 0.222 e. The van der Waals surface area contributed by atoms with Gasteiger partial charge in [-0.05, 0) is 32.6 Å². The summed E-state index contributed by atoms with van der Waals surface area (Å²) in [5, 5.41) is 9.65. The molecular formula is C18H35NO2. The lowest BCUT2D eigenvalue weighted by atomic mass is 10.0. The van der Waals surface area contributed by atoms with Crippen molar-refractivity contribution in [3.63, 3.8) is 0 Å². The summed E-state index contributed by atoms with van der Waals surface area (Å²) in [5.41, 5.74) is 0. The van der Waals surface area contributed by atoms with Gasteiger partial charge in [0.25, 0.3) is 0 Å². The summed E-state index contributed by atoms with van der Waals surface area (Å²) in [6.07, 6.45) is 13.1. The molecule has 1 fully saturated rings. The van der Waals surface area contributed by atoms with Crippen LogP contribution in [-0.4, -0.2) is 34.6 Å². The molecule has 1 aliphatic rings. The number of carbonyl (C=O) groups excluding carboxylic acids is 1. The lowest BCUT2D eigenvalue weighted by molar-refractivity contribution is -0.134. The first-order chi connectivity index (χ1) is 10.1. The van der Waals surface area contributed by atoms with Gasteiger partial charge in [0, 0.05) is 19.0 Å². The van der Waals surface area contributed by atoms with Crippen LogP contribution in [0.1, 0.15) is 90.9 Å². The minimum atomic E-state index is -0.308. The molecule has 0 aromatic heterocycles. The molecule has 0 spiro atoms. The molecule has 0 saturated carbocycles. The third-order valence-corrected chi connectivity index (χ3v) is 4.55. The van der Waals surface area contributed by atoms with Gasteiger partial charge in [0.2, 0.25) is 5.91 Å². The number of aliphatic hydroxyl groups is 1. The van der Waals surface area contributed by atoms with Crippen LogP contribution in [0.25, 0.3) is 0 Å². The summed E-state index contributed by atoms with van der Waals surface area (Å²) in [4.78, 5) is 14.6. The molecule has 3 nitrogen and oxygen atoms in total. The van der Waals surface area contributed by atoms with E-state index in [2.05, 4.69) is 11.8 Å². The van der Waals surface area contributed by atoms with Crippen molar-refractivity contribution < 1.29 is 9.90 Å². The normalized spacial score (nSPS) is 21.1. The van der Waals surface area contributed by atoms with E-state index in [-0.39, 0.29) is 12.1 Å². The fourth-order valence-electron chi connectivity index (χ4n) is 3.34. The fraction of sp³-hybridized carbons (Fsp3) is 0.944. The molecule has 0 radical (unpaired) electrons. The third-order valence-electron chi connectivity index (χ3n) is 4.55. The molecule has 1 N–H and O–H groups in total. The van der Waals surface area contributed by atoms with Gasteiger partial charge in [0.1, 0.15) is 0 Å². The molecule has 124 valence electrons. The van der Waals surface area contributed by atoms with Crippen molar-refractivity contribution in [2.24, 2.45) is 0 Å². The summed E-state index contributed by atoms with van der Waals surface area (Å²) in [6.45, 7) is 4.96. The monoisotopic (exact) mass is 297 g/mol. The van der Waals surface area contributed by atoms with E-state index >= 15 is 0 Å². The summed E-state index contributed by atoms with van der Waals surface area (Å²) in [7, 11) is 0. The van der Waals surface area contributed by atoms with Crippen molar-refractivity contribution in [2.75, 3.05) is 6.54 Å². The van der Waals surface area contributed by atoms with Gasteiger partial charge in [-0.15, -0.1) is 0 Å². The maximum absolute atomic E-state index is 12.5. The van der Waals surface area contributed by atoms with Crippen LogP contribution in [0.15, 0.2) is 0 Å². The second-order valence-electron chi connectivity index (χ2n) is 6.69. The minimum absolute atomic E-state index is 0.264. The van der Waals surface area contributed by atoms with E-state index in [0.29, 0.717) is 12.3 Å². The number of hydrogen-bond acceptors (Lipinski definition) is 2. The van der Waals surface area contributed by atoms with Gasteiger partial charge in [0.15, 0.2) is 0 Å². The topological polar surface area (TPSA) is 40.5 Å². The van der Waals surface area contributed by atoms with Crippen molar-refractivity contribution in [1.82, 2.24) is 4.90 Å². The standard InChI is InChI=1S/C18H35NO2/c1-3-4-5-6-7-10-13-18(21)19-14-11-8-9-12-17(19)15-16(2)20/h16-17,20H,3-15H2,1-2H3. The predicted molar refractivity (Wildman–Crippen MR) is 88.3 cm³/mol. The molecule has 21 heavy (non-hydrogen) atoms. The second-order valence-corrected chi connectivity index (χ2v) is 6.69. The summed E-state index contributed by atoms with van der Waals surface area (Å²) >= 11 is 0. The van der Waals surface area contributed by atoms with Crippen LogP contribution >= 0.6 is 0 Å². The van der Waals surface area contributed by atoms with Gasteiger partial charge in [0.05, 0.1) is 6.10 Å². The molecule has 3 heteroatoms. The number of likely N-dealkylation sites (tertiary alicyclic amines) is 1. The van der Waals surface area contributed by atoms with Crippen molar-refractivity contribution in [3.8, 4) is 0 Å². The summed E-state index contributed by atoms with van der Waals surface area (Å²) < 4.78 is 0. The third kappa shape index (κ3) is 7.85. The zero-order chi connectivity index (χ0) is 15.5. The number of carbonyl (C=O) groups is 1. The van der Waals surface area contributed by atoms with E-state index < -0.39 is 0 Å². The highest BCUT2D eigenvalue weighted by molar-refractivity contribution is 5.76. The highest BCUT2D eigenvalue weighted by Crippen LogP contribution is 2.22. The molecular weight excluding hydrogens is 262 g/mol. The van der Waals surface area contributed by atoms with Crippen LogP contribution in [0.2, 0.25) is 0 Å². The molecule has 1 rings (SSSR count). The summed E-state index contributed by atoms with van der Waals surface area (Å²) in [5.74, 6) is 0.318. The van der Waals surface area contributed by atoms with Gasteiger partial charge < -0.3 is 10.0 Å². The summed E-state index contributed by atoms with van der Waals surface area (Å²) in [6, 6.07) is 0.264. The van der Waals surface area contributed by atoms with Gasteiger partial charge in [-0.1, -0.05) is 51.9 Å². The van der Waals surface area contributed by atoms with Crippen LogP contribution in [0, 0.1) is 0 Å². The van der Waals surface area contributed by atoms with E-state index in [1.165, 1.54) is 44.9 Å². The largest absolute Gasteiger partial charge is 0.393 e. The Kier molecular flexibility index (Phi) is 9.73. The molecule has 1 aliphatic heterocycles. The molecule has 1 saturated heterocycles. The van der Waals surface area contributed by atoms with Crippen LogP contribution in [0.5, 0.6) is 0 Å². The van der Waals surface area contributed by atoms with Crippen LogP contribution < -0.4 is 0 Å². The van der Waals surface area contributed by atoms with Crippen molar-refractivity contribution in [1.29, 1.82) is 0 Å². The molecule has 0 aromatic rings. The Morgan fingerprint density at radius 1 is 1.14 bits per heavy atom. The predicted octanol–water partition coefficient (Wildman–Crippen LogP) is 4.28. The van der Waals surface area contributed by atoms with E-state index in [0.717, 1.165) is 32.2 Å². The Morgan fingerprint density at radius 3 is 2.57 bits per heavy atom. The molecule has 2 atom stereocenters.